The predicted octanol–water partition coefficient (Wildman–Crippen LogP) is 3.96. The van der Waals surface area contributed by atoms with Gasteiger partial charge in [0.1, 0.15) is 11.6 Å². The summed E-state index contributed by atoms with van der Waals surface area (Å²) in [7, 11) is 2.12. The van der Waals surface area contributed by atoms with Crippen molar-refractivity contribution in [3.05, 3.63) is 57.8 Å². The number of fused-ring (bicyclic) bond motifs is 1. The molecule has 2 fully saturated rings. The minimum atomic E-state index is -2.61. The highest BCUT2D eigenvalue weighted by Gasteiger charge is 2.31. The largest absolute Gasteiger partial charge is 0.369 e. The average Bonchev–Trinajstić information content (AvgIpc) is 3.69. The lowest BCUT2D eigenvalue weighted by molar-refractivity contribution is -0.127. The summed E-state index contributed by atoms with van der Waals surface area (Å²) in [6.07, 6.45) is -2.30. The lowest BCUT2D eigenvalue weighted by atomic mass is 10.1. The van der Waals surface area contributed by atoms with Crippen LogP contribution in [0.4, 0.5) is 14.7 Å². The van der Waals surface area contributed by atoms with Gasteiger partial charge in [-0.15, -0.1) is 11.3 Å². The van der Waals surface area contributed by atoms with Crippen molar-refractivity contribution >= 4 is 34.2 Å². The van der Waals surface area contributed by atoms with Crippen LogP contribution in [0.15, 0.2) is 42.5 Å². The third-order valence-corrected chi connectivity index (χ3v) is 8.78. The summed E-state index contributed by atoms with van der Waals surface area (Å²) in [5.41, 5.74) is 2.58. The first-order valence-electron chi connectivity index (χ1n) is 13.4. The molecule has 4 heterocycles. The molecule has 12 heteroatoms. The monoisotopic (exact) mass is 569 g/mol. The predicted molar refractivity (Wildman–Crippen MR) is 150 cm³/mol. The van der Waals surface area contributed by atoms with Crippen LogP contribution in [0.25, 0.3) is 11.0 Å². The van der Waals surface area contributed by atoms with Crippen LogP contribution in [0.3, 0.4) is 0 Å². The summed E-state index contributed by atoms with van der Waals surface area (Å²) >= 11 is 0.844. The Morgan fingerprint density at radius 1 is 1.23 bits per heavy atom. The van der Waals surface area contributed by atoms with Crippen LogP contribution in [0, 0.1) is 11.3 Å². The first kappa shape index (κ1) is 28.2. The molecule has 1 aromatic carbocycles. The standard InChI is InChI=1S/C28H33F2N7O2S/c1-18(15-31)27(39)36-9-3-4-20(36)17-37-22-6-5-19(16-35-12-10-34(2)11-13-35)14-21(22)32-28(37)33-26(38)24-8-7-23(40-24)25(29)30/h5-8,14,20,25-26,38H,1,3-4,9-13,16-17H2,2H3,(H,32,33)/t20-,26?/m1/s1. The number of carbonyl (C=O) groups is 1. The van der Waals surface area contributed by atoms with E-state index in [1.807, 2.05) is 22.8 Å². The number of thiophene rings is 1. The molecule has 2 N–H and O–H groups in total. The number of aromatic nitrogens is 2. The number of nitrogens with one attached hydrogen (secondary N) is 1. The average molecular weight is 570 g/mol. The minimum Gasteiger partial charge on any atom is -0.369 e. The van der Waals surface area contributed by atoms with Gasteiger partial charge in [-0.25, -0.2) is 13.8 Å². The number of imidazole rings is 1. The first-order valence-corrected chi connectivity index (χ1v) is 14.2. The van der Waals surface area contributed by atoms with E-state index in [4.69, 9.17) is 4.98 Å². The normalized spacial score (nSPS) is 19.3. The molecular formula is C28H33F2N7O2S. The fraction of sp³-hybridized carbons (Fsp3) is 0.464. The van der Waals surface area contributed by atoms with Crippen LogP contribution in [-0.2, 0) is 17.9 Å². The van der Waals surface area contributed by atoms with Crippen molar-refractivity contribution in [2.24, 2.45) is 0 Å². The molecule has 1 unspecified atom stereocenters. The number of anilines is 1. The van der Waals surface area contributed by atoms with Crippen LogP contribution in [0.1, 0.15) is 40.8 Å². The van der Waals surface area contributed by atoms with Gasteiger partial charge in [0.25, 0.3) is 12.3 Å². The van der Waals surface area contributed by atoms with Gasteiger partial charge in [-0.05, 0) is 49.7 Å². The molecule has 0 saturated carbocycles. The molecule has 2 saturated heterocycles. The molecule has 40 heavy (non-hydrogen) atoms. The number of alkyl halides is 2. The number of rotatable bonds is 9. The quantitative estimate of drug-likeness (QED) is 0.229. The Labute approximate surface area is 235 Å². The highest BCUT2D eigenvalue weighted by atomic mass is 32.1. The number of carbonyl (C=O) groups excluding carboxylic acids is 1. The van der Waals surface area contributed by atoms with Crippen LogP contribution >= 0.6 is 11.3 Å². The van der Waals surface area contributed by atoms with Gasteiger partial charge >= 0.3 is 0 Å². The van der Waals surface area contributed by atoms with Gasteiger partial charge in [0.05, 0.1) is 26.8 Å². The molecule has 3 aromatic rings. The molecule has 0 spiro atoms. The Bertz CT molecular complexity index is 1420. The number of likely N-dealkylation sites (N-methyl/N-ethyl adjacent to an activating group) is 1. The lowest BCUT2D eigenvalue weighted by Crippen LogP contribution is -2.43. The SMILES string of the molecule is C=C(C#N)C(=O)N1CCC[C@@H]1Cn1c(NC(O)c2ccc(C(F)F)s2)nc2cc(CN3CCN(C)CC3)ccc21. The number of nitriles is 1. The Morgan fingerprint density at radius 3 is 2.67 bits per heavy atom. The molecule has 2 aliphatic rings. The Morgan fingerprint density at radius 2 is 1.98 bits per heavy atom. The van der Waals surface area contributed by atoms with Crippen LogP contribution in [-0.4, -0.2) is 81.1 Å². The second-order valence-corrected chi connectivity index (χ2v) is 11.6. The lowest BCUT2D eigenvalue weighted by Gasteiger charge is -2.32. The van der Waals surface area contributed by atoms with Crippen molar-refractivity contribution in [3.8, 4) is 6.07 Å². The van der Waals surface area contributed by atoms with Gasteiger partial charge in [-0.3, -0.25) is 9.69 Å². The molecule has 5 rings (SSSR count). The second kappa shape index (κ2) is 12.0. The Hall–Kier alpha value is -3.37. The molecule has 2 atom stereocenters. The van der Waals surface area contributed by atoms with E-state index in [-0.39, 0.29) is 22.4 Å². The van der Waals surface area contributed by atoms with E-state index in [0.29, 0.717) is 23.9 Å². The smallest absolute Gasteiger partial charge is 0.272 e. The van der Waals surface area contributed by atoms with E-state index in [1.54, 1.807) is 4.90 Å². The second-order valence-electron chi connectivity index (χ2n) is 10.4. The molecule has 1 amide bonds. The van der Waals surface area contributed by atoms with Crippen molar-refractivity contribution in [1.29, 1.82) is 5.26 Å². The van der Waals surface area contributed by atoms with Crippen LogP contribution in [0.5, 0.6) is 0 Å². The fourth-order valence-electron chi connectivity index (χ4n) is 5.38. The van der Waals surface area contributed by atoms with Crippen molar-refractivity contribution in [3.63, 3.8) is 0 Å². The number of benzene rings is 1. The van der Waals surface area contributed by atoms with Crippen molar-refractivity contribution in [1.82, 2.24) is 24.3 Å². The molecule has 212 valence electrons. The summed E-state index contributed by atoms with van der Waals surface area (Å²) in [6.45, 7) is 9.33. The maximum atomic E-state index is 13.1. The zero-order chi connectivity index (χ0) is 28.4. The molecule has 9 nitrogen and oxygen atoms in total. The number of piperazine rings is 1. The molecule has 2 aromatic heterocycles. The molecule has 2 aliphatic heterocycles. The molecule has 0 bridgehead atoms. The van der Waals surface area contributed by atoms with E-state index in [1.165, 1.54) is 12.1 Å². The summed E-state index contributed by atoms with van der Waals surface area (Å²) < 4.78 is 28.2. The van der Waals surface area contributed by atoms with Gasteiger partial charge in [0.15, 0.2) is 6.23 Å². The van der Waals surface area contributed by atoms with E-state index < -0.39 is 12.7 Å². The topological polar surface area (TPSA) is 101 Å². The van der Waals surface area contributed by atoms with Crippen LogP contribution in [0.2, 0.25) is 0 Å². The van der Waals surface area contributed by atoms with Gasteiger partial charge in [-0.1, -0.05) is 12.6 Å². The van der Waals surface area contributed by atoms with Crippen molar-refractivity contribution < 1.29 is 18.7 Å². The van der Waals surface area contributed by atoms with E-state index >= 15 is 0 Å². The number of halogens is 2. The van der Waals surface area contributed by atoms with Gasteiger partial charge in [0.2, 0.25) is 5.95 Å². The van der Waals surface area contributed by atoms with Crippen LogP contribution < -0.4 is 5.32 Å². The number of hydrogen-bond donors (Lipinski definition) is 2. The molecule has 0 radical (unpaired) electrons. The molecule has 0 aliphatic carbocycles. The first-order chi connectivity index (χ1) is 19.2. The third-order valence-electron chi connectivity index (χ3n) is 7.64. The Kier molecular flexibility index (Phi) is 8.46. The van der Waals surface area contributed by atoms with E-state index in [2.05, 4.69) is 34.8 Å². The summed E-state index contributed by atoms with van der Waals surface area (Å²) in [5, 5.41) is 23.1. The summed E-state index contributed by atoms with van der Waals surface area (Å²) in [5.74, 6) is 0.00111. The number of nitrogens with zero attached hydrogens (tertiary/aromatic N) is 6. The zero-order valence-electron chi connectivity index (χ0n) is 22.4. The van der Waals surface area contributed by atoms with Gasteiger partial charge in [-0.2, -0.15) is 5.26 Å². The number of aliphatic hydroxyl groups excluding tert-OH is 1. The number of likely N-dealkylation sites (tertiary alicyclic amines) is 1. The highest BCUT2D eigenvalue weighted by molar-refractivity contribution is 7.12. The van der Waals surface area contributed by atoms with E-state index in [9.17, 15) is 23.9 Å². The minimum absolute atomic E-state index is 0.0998. The van der Waals surface area contributed by atoms with Gasteiger partial charge in [0, 0.05) is 45.8 Å². The maximum Gasteiger partial charge on any atom is 0.272 e. The summed E-state index contributed by atoms with van der Waals surface area (Å²) in [6, 6.07) is 10.6. The number of hydrogen-bond acceptors (Lipinski definition) is 8. The molecular weight excluding hydrogens is 536 g/mol. The number of amides is 1. The zero-order valence-corrected chi connectivity index (χ0v) is 23.2. The van der Waals surface area contributed by atoms with Gasteiger partial charge < -0.3 is 24.8 Å². The van der Waals surface area contributed by atoms with E-state index in [0.717, 1.165) is 73.5 Å². The third kappa shape index (κ3) is 6.02. The fourth-order valence-corrected chi connectivity index (χ4v) is 6.19. The maximum absolute atomic E-state index is 13.1. The Balaban J connectivity index is 1.44. The summed E-state index contributed by atoms with van der Waals surface area (Å²) in [4.78, 5) is 24.2. The van der Waals surface area contributed by atoms with Crippen molar-refractivity contribution in [2.75, 3.05) is 45.1 Å². The highest BCUT2D eigenvalue weighted by Crippen LogP contribution is 2.32. The number of aliphatic hydroxyl groups is 1. The van der Waals surface area contributed by atoms with Crippen molar-refractivity contribution in [2.45, 2.75) is 44.6 Å².